The Hall–Kier alpha value is -1.75. The van der Waals surface area contributed by atoms with Gasteiger partial charge in [0.05, 0.1) is 24.5 Å². The Morgan fingerprint density at radius 2 is 1.91 bits per heavy atom. The number of hydrogen-bond donors (Lipinski definition) is 2. The van der Waals surface area contributed by atoms with Crippen LogP contribution in [0.4, 0.5) is 0 Å². The van der Waals surface area contributed by atoms with Gasteiger partial charge in [0.2, 0.25) is 5.91 Å². The first-order valence-electron chi connectivity index (χ1n) is 7.80. The zero-order valence-corrected chi connectivity index (χ0v) is 14.6. The maximum Gasteiger partial charge on any atom is 0.305 e. The molecule has 1 amide bonds. The molecule has 0 spiro atoms. The second-order valence-electron chi connectivity index (χ2n) is 5.44. The van der Waals surface area contributed by atoms with Crippen molar-refractivity contribution in [1.82, 2.24) is 5.32 Å². The number of carboxylic acid groups (broad SMARTS) is 1. The van der Waals surface area contributed by atoms with Crippen LogP contribution in [0.2, 0.25) is 5.02 Å². The fraction of sp³-hybridized carbons (Fsp3) is 0.529. The van der Waals surface area contributed by atoms with E-state index in [1.807, 2.05) is 20.8 Å². The third-order valence-corrected chi connectivity index (χ3v) is 4.23. The minimum absolute atomic E-state index is 0.0945. The first kappa shape index (κ1) is 19.3. The lowest BCUT2D eigenvalue weighted by Gasteiger charge is -2.31. The lowest BCUT2D eigenvalue weighted by Crippen LogP contribution is -2.49. The first-order chi connectivity index (χ1) is 10.9. The van der Waals surface area contributed by atoms with E-state index in [4.69, 9.17) is 21.4 Å². The molecule has 5 nitrogen and oxygen atoms in total. The van der Waals surface area contributed by atoms with E-state index < -0.39 is 11.5 Å². The van der Waals surface area contributed by atoms with Gasteiger partial charge in [-0.15, -0.1) is 0 Å². The molecule has 0 heterocycles. The van der Waals surface area contributed by atoms with E-state index in [0.29, 0.717) is 35.8 Å². The van der Waals surface area contributed by atoms with Crippen LogP contribution in [0.5, 0.6) is 5.75 Å². The number of nitrogens with one attached hydrogen (secondary N) is 1. The summed E-state index contributed by atoms with van der Waals surface area (Å²) in [6, 6.07) is 5.26. The van der Waals surface area contributed by atoms with Gasteiger partial charge in [-0.05, 0) is 25.8 Å². The van der Waals surface area contributed by atoms with Gasteiger partial charge in [-0.25, -0.2) is 0 Å². The van der Waals surface area contributed by atoms with E-state index in [1.54, 1.807) is 18.2 Å². The summed E-state index contributed by atoms with van der Waals surface area (Å²) < 4.78 is 5.51. The molecule has 0 unspecified atom stereocenters. The molecule has 128 valence electrons. The summed E-state index contributed by atoms with van der Waals surface area (Å²) in [5, 5.41) is 12.4. The molecule has 0 aliphatic heterocycles. The average molecular weight is 342 g/mol. The molecule has 1 aromatic rings. The molecule has 0 fully saturated rings. The monoisotopic (exact) mass is 341 g/mol. The maximum atomic E-state index is 12.4. The molecule has 23 heavy (non-hydrogen) atoms. The van der Waals surface area contributed by atoms with Gasteiger partial charge in [0, 0.05) is 11.1 Å². The van der Waals surface area contributed by atoms with E-state index in [2.05, 4.69) is 5.32 Å². The standard InChI is InChI=1S/C17H24ClNO4/c1-4-17(5-2,11-15(21)22)19-14(20)10-12-8-7-9-13(18)16(12)23-6-3/h7-9H,4-6,10-11H2,1-3H3,(H,19,20)(H,21,22). The number of amides is 1. The van der Waals surface area contributed by atoms with Crippen molar-refractivity contribution in [2.24, 2.45) is 0 Å². The van der Waals surface area contributed by atoms with E-state index in [1.165, 1.54) is 0 Å². The SMILES string of the molecule is CCOc1c(Cl)cccc1CC(=O)NC(CC)(CC)CC(=O)O. The highest BCUT2D eigenvalue weighted by atomic mass is 35.5. The van der Waals surface area contributed by atoms with Crippen LogP contribution in [0.3, 0.4) is 0 Å². The molecule has 1 rings (SSSR count). The summed E-state index contributed by atoms with van der Waals surface area (Å²) in [5.74, 6) is -0.659. The minimum Gasteiger partial charge on any atom is -0.492 e. The molecule has 1 aromatic carbocycles. The fourth-order valence-electron chi connectivity index (χ4n) is 2.52. The Morgan fingerprint density at radius 3 is 2.43 bits per heavy atom. The van der Waals surface area contributed by atoms with Crippen LogP contribution >= 0.6 is 11.6 Å². The lowest BCUT2D eigenvalue weighted by atomic mass is 9.88. The molecule has 0 aliphatic rings. The Kier molecular flexibility index (Phi) is 7.36. The summed E-state index contributed by atoms with van der Waals surface area (Å²) >= 11 is 6.11. The van der Waals surface area contributed by atoms with Crippen LogP contribution in [-0.2, 0) is 16.0 Å². The number of carbonyl (C=O) groups is 2. The van der Waals surface area contributed by atoms with Crippen LogP contribution in [0, 0.1) is 0 Å². The molecule has 0 aliphatic carbocycles. The van der Waals surface area contributed by atoms with Crippen LogP contribution in [0.25, 0.3) is 0 Å². The third-order valence-electron chi connectivity index (χ3n) is 3.94. The van der Waals surface area contributed by atoms with Crippen LogP contribution < -0.4 is 10.1 Å². The number of benzene rings is 1. The summed E-state index contributed by atoms with van der Waals surface area (Å²) in [7, 11) is 0. The smallest absolute Gasteiger partial charge is 0.305 e. The zero-order valence-electron chi connectivity index (χ0n) is 13.8. The van der Waals surface area contributed by atoms with E-state index in [9.17, 15) is 9.59 Å². The third kappa shape index (κ3) is 5.43. The number of hydrogen-bond acceptors (Lipinski definition) is 3. The van der Waals surface area contributed by atoms with Gasteiger partial charge in [-0.1, -0.05) is 37.6 Å². The van der Waals surface area contributed by atoms with Gasteiger partial charge < -0.3 is 15.2 Å². The Bertz CT molecular complexity index is 556. The molecular formula is C17H24ClNO4. The molecule has 0 aromatic heterocycles. The molecule has 0 atom stereocenters. The van der Waals surface area contributed by atoms with Crippen LogP contribution in [-0.4, -0.2) is 29.1 Å². The maximum absolute atomic E-state index is 12.4. The number of ether oxygens (including phenoxy) is 1. The topological polar surface area (TPSA) is 75.6 Å². The molecule has 6 heteroatoms. The summed E-state index contributed by atoms with van der Waals surface area (Å²) in [6.45, 7) is 6.04. The number of rotatable bonds is 9. The second kappa shape index (κ2) is 8.77. The first-order valence-corrected chi connectivity index (χ1v) is 8.18. The fourth-order valence-corrected chi connectivity index (χ4v) is 2.77. The lowest BCUT2D eigenvalue weighted by molar-refractivity contribution is -0.139. The highest BCUT2D eigenvalue weighted by molar-refractivity contribution is 6.32. The van der Waals surface area contributed by atoms with Gasteiger partial charge in [0.25, 0.3) is 0 Å². The van der Waals surface area contributed by atoms with Gasteiger partial charge >= 0.3 is 5.97 Å². The van der Waals surface area contributed by atoms with E-state index in [-0.39, 0.29) is 18.7 Å². The molecule has 0 saturated carbocycles. The van der Waals surface area contributed by atoms with E-state index in [0.717, 1.165) is 0 Å². The van der Waals surface area contributed by atoms with Crippen LogP contribution in [0.1, 0.15) is 45.6 Å². The highest BCUT2D eigenvalue weighted by Gasteiger charge is 2.31. The average Bonchev–Trinajstić information content (AvgIpc) is 2.49. The van der Waals surface area contributed by atoms with Crippen molar-refractivity contribution >= 4 is 23.5 Å². The molecule has 0 bridgehead atoms. The van der Waals surface area contributed by atoms with Crippen molar-refractivity contribution in [3.05, 3.63) is 28.8 Å². The highest BCUT2D eigenvalue weighted by Crippen LogP contribution is 2.29. The zero-order chi connectivity index (χ0) is 17.5. The van der Waals surface area contributed by atoms with Gasteiger partial charge in [-0.2, -0.15) is 0 Å². The minimum atomic E-state index is -0.924. The number of carboxylic acids is 1. The predicted molar refractivity (Wildman–Crippen MR) is 90.0 cm³/mol. The van der Waals surface area contributed by atoms with Crippen molar-refractivity contribution < 1.29 is 19.4 Å². The predicted octanol–water partition coefficient (Wildman–Crippen LogP) is 3.43. The molecule has 2 N–H and O–H groups in total. The van der Waals surface area contributed by atoms with Crippen molar-refractivity contribution in [3.8, 4) is 5.75 Å². The van der Waals surface area contributed by atoms with Crippen molar-refractivity contribution in [2.45, 2.75) is 52.0 Å². The van der Waals surface area contributed by atoms with E-state index >= 15 is 0 Å². The van der Waals surface area contributed by atoms with Gasteiger partial charge in [0.15, 0.2) is 0 Å². The quantitative estimate of drug-likeness (QED) is 0.721. The number of aliphatic carboxylic acids is 1. The molecule has 0 radical (unpaired) electrons. The van der Waals surface area contributed by atoms with Gasteiger partial charge in [0.1, 0.15) is 5.75 Å². The Balaban J connectivity index is 2.91. The summed E-state index contributed by atoms with van der Waals surface area (Å²) in [4.78, 5) is 23.5. The number of carbonyl (C=O) groups excluding carboxylic acids is 1. The van der Waals surface area contributed by atoms with Crippen molar-refractivity contribution in [2.75, 3.05) is 6.61 Å². The summed E-state index contributed by atoms with van der Waals surface area (Å²) in [5.41, 5.74) is -0.0407. The molecular weight excluding hydrogens is 318 g/mol. The number of para-hydroxylation sites is 1. The van der Waals surface area contributed by atoms with Crippen molar-refractivity contribution in [3.63, 3.8) is 0 Å². The molecule has 0 saturated heterocycles. The van der Waals surface area contributed by atoms with Crippen LogP contribution in [0.15, 0.2) is 18.2 Å². The number of halogens is 1. The second-order valence-corrected chi connectivity index (χ2v) is 5.85. The normalized spacial score (nSPS) is 11.1. The van der Waals surface area contributed by atoms with Gasteiger partial charge in [-0.3, -0.25) is 9.59 Å². The van der Waals surface area contributed by atoms with Crippen molar-refractivity contribution in [1.29, 1.82) is 0 Å². The Labute approximate surface area is 142 Å². The summed E-state index contributed by atoms with van der Waals surface area (Å²) in [6.07, 6.45) is 1.10. The Morgan fingerprint density at radius 1 is 1.26 bits per heavy atom. The largest absolute Gasteiger partial charge is 0.492 e.